The highest BCUT2D eigenvalue weighted by Gasteiger charge is 2.36. The molecule has 1 atom stereocenters. The maximum atomic E-state index is 12.9. The van der Waals surface area contributed by atoms with Crippen molar-refractivity contribution in [2.75, 3.05) is 39.3 Å². The summed E-state index contributed by atoms with van der Waals surface area (Å²) in [6, 6.07) is 0. The maximum Gasteiger partial charge on any atom is 0.248 e. The van der Waals surface area contributed by atoms with Crippen molar-refractivity contribution < 1.29 is 17.7 Å². The van der Waals surface area contributed by atoms with Crippen LogP contribution in [0.25, 0.3) is 0 Å². The molecule has 0 radical (unpaired) electrons. The van der Waals surface area contributed by atoms with Gasteiger partial charge in [0.05, 0.1) is 0 Å². The zero-order chi connectivity index (χ0) is 20.3. The number of nitrogens with zero attached hydrogens (tertiary/aromatic N) is 3. The molecule has 0 aliphatic carbocycles. The van der Waals surface area contributed by atoms with E-state index in [1.54, 1.807) is 13.8 Å². The van der Waals surface area contributed by atoms with Crippen molar-refractivity contribution in [1.82, 2.24) is 19.7 Å². The molecule has 3 heterocycles. The smallest absolute Gasteiger partial charge is 0.248 e. The molecule has 0 aromatic carbocycles. The van der Waals surface area contributed by atoms with Gasteiger partial charge in [-0.15, -0.1) is 0 Å². The van der Waals surface area contributed by atoms with E-state index in [0.717, 1.165) is 19.6 Å². The lowest BCUT2D eigenvalue weighted by Gasteiger charge is -2.33. The zero-order valence-corrected chi connectivity index (χ0v) is 17.9. The van der Waals surface area contributed by atoms with Gasteiger partial charge in [-0.3, -0.25) is 4.79 Å². The lowest BCUT2D eigenvalue weighted by atomic mass is 9.85. The Bertz CT molecular complexity index is 758. The number of likely N-dealkylation sites (tertiary alicyclic amines) is 1. The monoisotopic (exact) mass is 412 g/mol. The average Bonchev–Trinajstić information content (AvgIpc) is 3.31. The summed E-state index contributed by atoms with van der Waals surface area (Å²) >= 11 is 0. The van der Waals surface area contributed by atoms with Crippen LogP contribution in [0, 0.1) is 25.7 Å². The minimum Gasteiger partial charge on any atom is -0.360 e. The third-order valence-corrected chi connectivity index (χ3v) is 8.25. The number of piperidine rings is 1. The van der Waals surface area contributed by atoms with Gasteiger partial charge in [-0.1, -0.05) is 12.1 Å². The van der Waals surface area contributed by atoms with Crippen molar-refractivity contribution >= 4 is 15.9 Å². The summed E-state index contributed by atoms with van der Waals surface area (Å²) in [6.45, 7) is 9.90. The SMILES string of the molecule is Cc1noc(C)c1S(=O)(=O)N1CCC(C(C)C(=O)NCCN2CCCC2)CC1. The Morgan fingerprint density at radius 3 is 2.43 bits per heavy atom. The number of amides is 1. The second kappa shape index (κ2) is 8.92. The van der Waals surface area contributed by atoms with E-state index in [9.17, 15) is 13.2 Å². The van der Waals surface area contributed by atoms with Crippen LogP contribution in [-0.4, -0.2) is 68.0 Å². The fourth-order valence-electron chi connectivity index (χ4n) is 4.31. The van der Waals surface area contributed by atoms with Crippen LogP contribution in [0.3, 0.4) is 0 Å². The number of hydrogen-bond acceptors (Lipinski definition) is 6. The molecule has 28 heavy (non-hydrogen) atoms. The van der Waals surface area contributed by atoms with E-state index in [4.69, 9.17) is 4.52 Å². The van der Waals surface area contributed by atoms with E-state index in [1.165, 1.54) is 17.1 Å². The van der Waals surface area contributed by atoms with Crippen LogP contribution in [0.1, 0.15) is 44.1 Å². The Balaban J connectivity index is 1.49. The summed E-state index contributed by atoms with van der Waals surface area (Å²) < 4.78 is 32.3. The molecule has 2 aliphatic heterocycles. The minimum atomic E-state index is -3.60. The second-order valence-electron chi connectivity index (χ2n) is 8.02. The topological polar surface area (TPSA) is 95.8 Å². The van der Waals surface area contributed by atoms with Crippen LogP contribution in [-0.2, 0) is 14.8 Å². The van der Waals surface area contributed by atoms with E-state index in [2.05, 4.69) is 15.4 Å². The van der Waals surface area contributed by atoms with Crippen LogP contribution < -0.4 is 5.32 Å². The molecule has 9 heteroatoms. The Morgan fingerprint density at radius 2 is 1.86 bits per heavy atom. The predicted molar refractivity (Wildman–Crippen MR) is 105 cm³/mol. The van der Waals surface area contributed by atoms with E-state index >= 15 is 0 Å². The molecule has 0 saturated carbocycles. The van der Waals surface area contributed by atoms with Gasteiger partial charge in [-0.25, -0.2) is 8.42 Å². The van der Waals surface area contributed by atoms with E-state index in [1.807, 2.05) is 6.92 Å². The number of hydrogen-bond donors (Lipinski definition) is 1. The van der Waals surface area contributed by atoms with Crippen molar-refractivity contribution in [1.29, 1.82) is 0 Å². The highest BCUT2D eigenvalue weighted by atomic mass is 32.2. The third kappa shape index (κ3) is 4.58. The molecule has 1 amide bonds. The quantitative estimate of drug-likeness (QED) is 0.730. The number of aromatic nitrogens is 1. The number of nitrogens with one attached hydrogen (secondary N) is 1. The molecule has 1 aromatic rings. The first-order chi connectivity index (χ1) is 13.3. The molecule has 0 spiro atoms. The summed E-state index contributed by atoms with van der Waals surface area (Å²) in [7, 11) is -3.60. The first-order valence-corrected chi connectivity index (χ1v) is 11.7. The predicted octanol–water partition coefficient (Wildman–Crippen LogP) is 1.54. The molecule has 2 fully saturated rings. The van der Waals surface area contributed by atoms with Crippen molar-refractivity contribution in [2.45, 2.75) is 51.3 Å². The van der Waals surface area contributed by atoms with E-state index < -0.39 is 10.0 Å². The number of sulfonamides is 1. The van der Waals surface area contributed by atoms with Gasteiger partial charge in [-0.05, 0) is 58.5 Å². The van der Waals surface area contributed by atoms with Gasteiger partial charge in [0, 0.05) is 32.1 Å². The van der Waals surface area contributed by atoms with Gasteiger partial charge < -0.3 is 14.7 Å². The number of carbonyl (C=O) groups is 1. The molecule has 0 bridgehead atoms. The lowest BCUT2D eigenvalue weighted by molar-refractivity contribution is -0.126. The summed E-state index contributed by atoms with van der Waals surface area (Å²) in [6.07, 6.45) is 3.87. The van der Waals surface area contributed by atoms with Crippen LogP contribution >= 0.6 is 0 Å². The molecule has 2 aliphatic rings. The van der Waals surface area contributed by atoms with Crippen molar-refractivity contribution in [3.05, 3.63) is 11.5 Å². The van der Waals surface area contributed by atoms with E-state index in [-0.39, 0.29) is 22.6 Å². The van der Waals surface area contributed by atoms with Crippen molar-refractivity contribution in [2.24, 2.45) is 11.8 Å². The van der Waals surface area contributed by atoms with Crippen LogP contribution in [0.15, 0.2) is 9.42 Å². The molecule has 1 aromatic heterocycles. The normalized spacial score (nSPS) is 21.1. The van der Waals surface area contributed by atoms with Crippen molar-refractivity contribution in [3.63, 3.8) is 0 Å². The van der Waals surface area contributed by atoms with Gasteiger partial charge in [0.15, 0.2) is 5.76 Å². The Hall–Kier alpha value is -1.45. The highest BCUT2D eigenvalue weighted by molar-refractivity contribution is 7.89. The molecular formula is C19H32N4O4S. The summed E-state index contributed by atoms with van der Waals surface area (Å²) in [4.78, 5) is 15.0. The molecule has 3 rings (SSSR count). The number of rotatable bonds is 7. The highest BCUT2D eigenvalue weighted by Crippen LogP contribution is 2.30. The van der Waals surface area contributed by atoms with E-state index in [0.29, 0.717) is 43.9 Å². The molecule has 2 saturated heterocycles. The summed E-state index contributed by atoms with van der Waals surface area (Å²) in [5, 5.41) is 6.82. The summed E-state index contributed by atoms with van der Waals surface area (Å²) in [5.74, 6) is 0.488. The Labute approximate surface area is 167 Å². The average molecular weight is 413 g/mol. The minimum absolute atomic E-state index is 0.0752. The maximum absolute atomic E-state index is 12.9. The number of aryl methyl sites for hydroxylation is 2. The number of carbonyl (C=O) groups excluding carboxylic acids is 1. The standard InChI is InChI=1S/C19H32N4O4S/c1-14(19(24)20-8-13-22-9-4-5-10-22)17-6-11-23(12-7-17)28(25,26)18-15(2)21-27-16(18)3/h14,17H,4-13H2,1-3H3,(H,20,24). The first kappa shape index (κ1) is 21.3. The summed E-state index contributed by atoms with van der Waals surface area (Å²) in [5.41, 5.74) is 0.394. The Kier molecular flexibility index (Phi) is 6.77. The second-order valence-corrected chi connectivity index (χ2v) is 9.90. The van der Waals surface area contributed by atoms with Crippen LogP contribution in [0.5, 0.6) is 0 Å². The van der Waals surface area contributed by atoms with Gasteiger partial charge in [0.25, 0.3) is 0 Å². The van der Waals surface area contributed by atoms with Gasteiger partial charge >= 0.3 is 0 Å². The van der Waals surface area contributed by atoms with Gasteiger partial charge in [0.1, 0.15) is 10.6 Å². The van der Waals surface area contributed by atoms with Crippen LogP contribution in [0.2, 0.25) is 0 Å². The third-order valence-electron chi connectivity index (χ3n) is 6.11. The molecule has 1 unspecified atom stereocenters. The fraction of sp³-hybridized carbons (Fsp3) is 0.789. The molecule has 8 nitrogen and oxygen atoms in total. The van der Waals surface area contributed by atoms with Gasteiger partial charge in [0.2, 0.25) is 15.9 Å². The zero-order valence-electron chi connectivity index (χ0n) is 17.1. The molecule has 1 N–H and O–H groups in total. The fourth-order valence-corrected chi connectivity index (χ4v) is 6.07. The van der Waals surface area contributed by atoms with Crippen molar-refractivity contribution in [3.8, 4) is 0 Å². The van der Waals surface area contributed by atoms with Gasteiger partial charge in [-0.2, -0.15) is 4.31 Å². The Morgan fingerprint density at radius 1 is 1.21 bits per heavy atom. The lowest BCUT2D eigenvalue weighted by Crippen LogP contribution is -2.43. The molecular weight excluding hydrogens is 380 g/mol. The largest absolute Gasteiger partial charge is 0.360 e. The first-order valence-electron chi connectivity index (χ1n) is 10.2. The molecule has 158 valence electrons. The van der Waals surface area contributed by atoms with Crippen LogP contribution in [0.4, 0.5) is 0 Å².